The van der Waals surface area contributed by atoms with Crippen LogP contribution in [0.15, 0.2) is 60.8 Å². The summed E-state index contributed by atoms with van der Waals surface area (Å²) in [4.78, 5) is 30.0. The number of carbonyl (C=O) groups excluding carboxylic acids is 2. The first kappa shape index (κ1) is 25.9. The molecule has 1 aromatic heterocycles. The molecule has 2 amide bonds. The number of hydrogen-bond acceptors (Lipinski definition) is 4. The summed E-state index contributed by atoms with van der Waals surface area (Å²) in [6.07, 6.45) is 8.96. The van der Waals surface area contributed by atoms with Crippen LogP contribution in [0.5, 0.6) is 0 Å². The van der Waals surface area contributed by atoms with Crippen LogP contribution < -0.4 is 10.6 Å². The standard InChI is InChI=1S/C32H39N3O4/c36-19-26(17-20-6-2-1-3-7-20)34-31(37)29(11-10-23-18-33-28-9-5-4-8-27(23)28)35-32(38)39-30-24-13-21-12-22(15-24)16-25(30)14-21/h1-9,18,21-22,24-26,29-30,33,36H,10-17,19H2,(H,34,37)(H,35,38). The fourth-order valence-corrected chi connectivity index (χ4v) is 7.64. The number of aliphatic hydroxyl groups excluding tert-OH is 1. The molecule has 2 unspecified atom stereocenters. The average molecular weight is 530 g/mol. The number of amides is 2. The molecule has 0 aliphatic heterocycles. The molecular formula is C32H39N3O4. The van der Waals surface area contributed by atoms with Crippen LogP contribution in [0.2, 0.25) is 0 Å². The minimum absolute atomic E-state index is 0.0431. The van der Waals surface area contributed by atoms with Gasteiger partial charge in [-0.2, -0.15) is 0 Å². The van der Waals surface area contributed by atoms with E-state index in [0.29, 0.717) is 31.1 Å². The maximum atomic E-state index is 13.5. The lowest BCUT2D eigenvalue weighted by atomic mass is 9.55. The van der Waals surface area contributed by atoms with Crippen molar-refractivity contribution in [3.05, 3.63) is 71.9 Å². The number of rotatable bonds is 10. The Bertz CT molecular complexity index is 1260. The van der Waals surface area contributed by atoms with E-state index in [2.05, 4.69) is 21.7 Å². The van der Waals surface area contributed by atoms with Crippen molar-refractivity contribution < 1.29 is 19.4 Å². The van der Waals surface area contributed by atoms with Crippen molar-refractivity contribution in [1.29, 1.82) is 0 Å². The van der Waals surface area contributed by atoms with Crippen molar-refractivity contribution in [1.82, 2.24) is 15.6 Å². The number of aromatic nitrogens is 1. The lowest BCUT2D eigenvalue weighted by Crippen LogP contribution is -2.54. The number of hydrogen-bond donors (Lipinski definition) is 4. The Hall–Kier alpha value is -3.32. The van der Waals surface area contributed by atoms with Crippen LogP contribution >= 0.6 is 0 Å². The van der Waals surface area contributed by atoms with Crippen molar-refractivity contribution in [2.24, 2.45) is 23.7 Å². The molecule has 0 saturated heterocycles. The van der Waals surface area contributed by atoms with Gasteiger partial charge in [-0.3, -0.25) is 4.79 Å². The molecule has 4 N–H and O–H groups in total. The first-order valence-electron chi connectivity index (χ1n) is 14.5. The second-order valence-electron chi connectivity index (χ2n) is 12.0. The van der Waals surface area contributed by atoms with Gasteiger partial charge in [0.05, 0.1) is 12.6 Å². The molecule has 4 bridgehead atoms. The number of aromatic amines is 1. The highest BCUT2D eigenvalue weighted by Crippen LogP contribution is 2.54. The minimum atomic E-state index is -0.771. The van der Waals surface area contributed by atoms with E-state index < -0.39 is 18.2 Å². The molecule has 0 spiro atoms. The first-order valence-corrected chi connectivity index (χ1v) is 14.5. The number of fused-ring (bicyclic) bond motifs is 1. The number of benzene rings is 2. The molecule has 7 rings (SSSR count). The predicted molar refractivity (Wildman–Crippen MR) is 150 cm³/mol. The summed E-state index contributed by atoms with van der Waals surface area (Å²) < 4.78 is 6.06. The molecule has 7 nitrogen and oxygen atoms in total. The zero-order chi connectivity index (χ0) is 26.8. The molecule has 3 aromatic rings. The SMILES string of the molecule is O=C(NC(CCc1c[nH]c2ccccc12)C(=O)NC(CO)Cc1ccccc1)OC1C2CC3CC(C2)CC1C3. The molecule has 4 aliphatic rings. The fraction of sp³-hybridized carbons (Fsp3) is 0.500. The molecule has 4 aliphatic carbocycles. The van der Waals surface area contributed by atoms with E-state index in [9.17, 15) is 14.7 Å². The Morgan fingerprint density at radius 2 is 1.62 bits per heavy atom. The van der Waals surface area contributed by atoms with Gasteiger partial charge in [0.1, 0.15) is 12.1 Å². The Balaban J connectivity index is 1.13. The van der Waals surface area contributed by atoms with Gasteiger partial charge >= 0.3 is 6.09 Å². The molecule has 7 heteroatoms. The summed E-state index contributed by atoms with van der Waals surface area (Å²) in [5, 5.41) is 17.0. The number of nitrogens with one attached hydrogen (secondary N) is 3. The summed E-state index contributed by atoms with van der Waals surface area (Å²) in [6.45, 7) is -0.186. The molecule has 206 valence electrons. The summed E-state index contributed by atoms with van der Waals surface area (Å²) >= 11 is 0. The van der Waals surface area contributed by atoms with Crippen LogP contribution in [-0.2, 0) is 22.4 Å². The molecule has 2 aromatic carbocycles. The summed E-state index contributed by atoms with van der Waals surface area (Å²) in [5.74, 6) is 2.20. The number of H-pyrrole nitrogens is 1. The Morgan fingerprint density at radius 1 is 0.923 bits per heavy atom. The Kier molecular flexibility index (Phi) is 7.60. The van der Waals surface area contributed by atoms with Crippen molar-refractivity contribution >= 4 is 22.9 Å². The average Bonchev–Trinajstić information content (AvgIpc) is 3.36. The van der Waals surface area contributed by atoms with Crippen LogP contribution in [0.4, 0.5) is 4.79 Å². The third-order valence-electron chi connectivity index (χ3n) is 9.26. The van der Waals surface area contributed by atoms with Crippen molar-refractivity contribution in [2.45, 2.75) is 69.6 Å². The molecular weight excluding hydrogens is 490 g/mol. The molecule has 4 fully saturated rings. The highest BCUT2D eigenvalue weighted by molar-refractivity contribution is 5.86. The van der Waals surface area contributed by atoms with E-state index >= 15 is 0 Å². The zero-order valence-electron chi connectivity index (χ0n) is 22.4. The van der Waals surface area contributed by atoms with Crippen LogP contribution in [0.1, 0.15) is 49.7 Å². The van der Waals surface area contributed by atoms with Gasteiger partial charge in [-0.25, -0.2) is 4.79 Å². The second kappa shape index (κ2) is 11.4. The Labute approximate surface area is 229 Å². The summed E-state index contributed by atoms with van der Waals surface area (Å²) in [5.41, 5.74) is 3.18. The minimum Gasteiger partial charge on any atom is -0.446 e. The van der Waals surface area contributed by atoms with Crippen molar-refractivity contribution in [3.63, 3.8) is 0 Å². The van der Waals surface area contributed by atoms with Gasteiger partial charge in [-0.1, -0.05) is 48.5 Å². The highest BCUT2D eigenvalue weighted by Gasteiger charge is 2.50. The maximum absolute atomic E-state index is 13.5. The number of aliphatic hydroxyl groups is 1. The van der Waals surface area contributed by atoms with Crippen molar-refractivity contribution in [2.75, 3.05) is 6.61 Å². The topological polar surface area (TPSA) is 103 Å². The van der Waals surface area contributed by atoms with Gasteiger partial charge in [0, 0.05) is 17.1 Å². The number of carbonyl (C=O) groups is 2. The van der Waals surface area contributed by atoms with Gasteiger partial charge in [0.15, 0.2) is 0 Å². The van der Waals surface area contributed by atoms with Crippen molar-refractivity contribution in [3.8, 4) is 0 Å². The lowest BCUT2D eigenvalue weighted by molar-refractivity contribution is -0.124. The van der Waals surface area contributed by atoms with Gasteiger partial charge < -0.3 is 25.5 Å². The largest absolute Gasteiger partial charge is 0.446 e. The predicted octanol–water partition coefficient (Wildman–Crippen LogP) is 4.74. The van der Waals surface area contributed by atoms with Crippen LogP contribution in [0, 0.1) is 23.7 Å². The first-order chi connectivity index (χ1) is 19.1. The molecule has 0 radical (unpaired) electrons. The maximum Gasteiger partial charge on any atom is 0.408 e. The normalized spacial score (nSPS) is 26.7. The smallest absolute Gasteiger partial charge is 0.408 e. The quantitative estimate of drug-likeness (QED) is 0.305. The summed E-state index contributed by atoms with van der Waals surface area (Å²) in [6, 6.07) is 16.6. The Morgan fingerprint density at radius 3 is 2.33 bits per heavy atom. The lowest BCUT2D eigenvalue weighted by Gasteiger charge is -2.53. The van der Waals surface area contributed by atoms with E-state index in [0.717, 1.165) is 59.5 Å². The van der Waals surface area contributed by atoms with E-state index in [4.69, 9.17) is 4.74 Å². The van der Waals surface area contributed by atoms with E-state index in [-0.39, 0.29) is 18.6 Å². The number of para-hydroxylation sites is 1. The van der Waals surface area contributed by atoms with Gasteiger partial charge in [-0.15, -0.1) is 0 Å². The molecule has 1 heterocycles. The number of ether oxygens (including phenoxy) is 1. The summed E-state index contributed by atoms with van der Waals surface area (Å²) in [7, 11) is 0. The molecule has 4 saturated carbocycles. The monoisotopic (exact) mass is 529 g/mol. The van der Waals surface area contributed by atoms with Crippen LogP contribution in [0.3, 0.4) is 0 Å². The number of alkyl carbamates (subject to hydrolysis) is 1. The molecule has 2 atom stereocenters. The van der Waals surface area contributed by atoms with Gasteiger partial charge in [0.2, 0.25) is 5.91 Å². The van der Waals surface area contributed by atoms with Crippen LogP contribution in [0.25, 0.3) is 10.9 Å². The zero-order valence-corrected chi connectivity index (χ0v) is 22.4. The van der Waals surface area contributed by atoms with E-state index in [1.165, 1.54) is 6.42 Å². The van der Waals surface area contributed by atoms with Gasteiger partial charge in [0.25, 0.3) is 0 Å². The van der Waals surface area contributed by atoms with Gasteiger partial charge in [-0.05, 0) is 92.2 Å². The number of aryl methyl sites for hydroxylation is 1. The van der Waals surface area contributed by atoms with Crippen LogP contribution in [-0.4, -0.2) is 46.9 Å². The molecule has 39 heavy (non-hydrogen) atoms. The van der Waals surface area contributed by atoms with E-state index in [1.54, 1.807) is 0 Å². The van der Waals surface area contributed by atoms with E-state index in [1.807, 2.05) is 54.7 Å². The third-order valence-corrected chi connectivity index (χ3v) is 9.26. The highest BCUT2D eigenvalue weighted by atomic mass is 16.6. The fourth-order valence-electron chi connectivity index (χ4n) is 7.64. The second-order valence-corrected chi connectivity index (χ2v) is 12.0. The third kappa shape index (κ3) is 5.83.